The molecule has 1 amide bonds. The number of hydrogen-bond acceptors (Lipinski definition) is 4. The highest BCUT2D eigenvalue weighted by atomic mass is 16.1. The van der Waals surface area contributed by atoms with Crippen molar-refractivity contribution in [3.63, 3.8) is 0 Å². The van der Waals surface area contributed by atoms with Gasteiger partial charge in [0.1, 0.15) is 0 Å². The van der Waals surface area contributed by atoms with E-state index in [0.717, 1.165) is 35.6 Å². The second-order valence-electron chi connectivity index (χ2n) is 5.29. The predicted molar refractivity (Wildman–Crippen MR) is 84.4 cm³/mol. The lowest BCUT2D eigenvalue weighted by molar-refractivity contribution is -0.115. The van der Waals surface area contributed by atoms with Crippen molar-refractivity contribution >= 4 is 23.0 Å². The molecule has 0 spiro atoms. The number of hydrogen-bond donors (Lipinski definition) is 2. The molecule has 0 saturated carbocycles. The summed E-state index contributed by atoms with van der Waals surface area (Å²) in [6.45, 7) is 0.813. The fraction of sp³-hybridized carbons (Fsp3) is 0.250. The molecule has 5 nitrogen and oxygen atoms in total. The smallest absolute Gasteiger partial charge is 0.228 e. The molecule has 108 valence electrons. The zero-order chi connectivity index (χ0) is 14.8. The van der Waals surface area contributed by atoms with Crippen molar-refractivity contribution in [2.75, 3.05) is 29.5 Å². The maximum Gasteiger partial charge on any atom is 0.228 e. The Kier molecular flexibility index (Phi) is 3.48. The van der Waals surface area contributed by atoms with Gasteiger partial charge in [-0.05, 0) is 29.8 Å². The van der Waals surface area contributed by atoms with E-state index in [4.69, 9.17) is 5.73 Å². The van der Waals surface area contributed by atoms with Crippen molar-refractivity contribution in [1.29, 1.82) is 0 Å². The van der Waals surface area contributed by atoms with E-state index in [1.165, 1.54) is 0 Å². The van der Waals surface area contributed by atoms with Crippen LogP contribution in [0.2, 0.25) is 0 Å². The molecule has 3 rings (SSSR count). The molecule has 5 heteroatoms. The van der Waals surface area contributed by atoms with Crippen molar-refractivity contribution in [1.82, 2.24) is 4.98 Å². The average Bonchev–Trinajstić information content (AvgIpc) is 2.84. The standard InChI is InChI=1S/C16H18N4O/c1-20(7-5-12-4-2-3-6-18-12)15-10-14-11(8-13(15)17)9-16(21)19-14/h2-4,6,8,10H,5,7,9,17H2,1H3,(H,19,21). The van der Waals surface area contributed by atoms with Gasteiger partial charge in [0.25, 0.3) is 0 Å². The number of fused-ring (bicyclic) bond motifs is 1. The Morgan fingerprint density at radius 3 is 3.00 bits per heavy atom. The van der Waals surface area contributed by atoms with Crippen LogP contribution < -0.4 is 16.0 Å². The number of aromatic nitrogens is 1. The van der Waals surface area contributed by atoms with Crippen LogP contribution in [0.1, 0.15) is 11.3 Å². The van der Waals surface area contributed by atoms with E-state index in [1.807, 2.05) is 37.4 Å². The summed E-state index contributed by atoms with van der Waals surface area (Å²) in [6.07, 6.45) is 3.06. The summed E-state index contributed by atoms with van der Waals surface area (Å²) in [5, 5.41) is 2.86. The third-order valence-corrected chi connectivity index (χ3v) is 3.72. The van der Waals surface area contributed by atoms with Gasteiger partial charge in [0.2, 0.25) is 5.91 Å². The molecular formula is C16H18N4O. The van der Waals surface area contributed by atoms with E-state index in [2.05, 4.69) is 15.2 Å². The van der Waals surface area contributed by atoms with Gasteiger partial charge < -0.3 is 16.0 Å². The summed E-state index contributed by atoms with van der Waals surface area (Å²) in [5.41, 5.74) is 10.6. The van der Waals surface area contributed by atoms with Gasteiger partial charge in [0.15, 0.2) is 0 Å². The minimum absolute atomic E-state index is 0.0256. The fourth-order valence-corrected chi connectivity index (χ4v) is 2.56. The molecule has 0 unspecified atom stereocenters. The first-order chi connectivity index (χ1) is 10.1. The predicted octanol–water partition coefficient (Wildman–Crippen LogP) is 1.84. The van der Waals surface area contributed by atoms with E-state index in [9.17, 15) is 4.79 Å². The molecule has 0 aliphatic carbocycles. The minimum Gasteiger partial charge on any atom is -0.397 e. The summed E-state index contributed by atoms with van der Waals surface area (Å²) in [6, 6.07) is 9.75. The lowest BCUT2D eigenvalue weighted by atomic mass is 10.1. The number of anilines is 3. The molecule has 2 aromatic rings. The van der Waals surface area contributed by atoms with Gasteiger partial charge in [0.05, 0.1) is 17.8 Å². The Hall–Kier alpha value is -2.56. The second-order valence-corrected chi connectivity index (χ2v) is 5.29. The lowest BCUT2D eigenvalue weighted by Gasteiger charge is -2.22. The minimum atomic E-state index is 0.0256. The number of nitrogens with two attached hydrogens (primary N) is 1. The molecule has 0 fully saturated rings. The second kappa shape index (κ2) is 5.44. The van der Waals surface area contributed by atoms with Crippen molar-refractivity contribution < 1.29 is 4.79 Å². The van der Waals surface area contributed by atoms with Crippen LogP contribution in [0.15, 0.2) is 36.5 Å². The number of carbonyl (C=O) groups excluding carboxylic acids is 1. The third kappa shape index (κ3) is 2.81. The summed E-state index contributed by atoms with van der Waals surface area (Å²) >= 11 is 0. The van der Waals surface area contributed by atoms with E-state index in [1.54, 1.807) is 6.20 Å². The van der Waals surface area contributed by atoms with Crippen LogP contribution in [-0.4, -0.2) is 24.5 Å². The molecule has 0 bridgehead atoms. The number of nitrogens with one attached hydrogen (secondary N) is 1. The highest BCUT2D eigenvalue weighted by Gasteiger charge is 2.20. The van der Waals surface area contributed by atoms with E-state index < -0.39 is 0 Å². The van der Waals surface area contributed by atoms with Gasteiger partial charge in [-0.3, -0.25) is 9.78 Å². The monoisotopic (exact) mass is 282 g/mol. The van der Waals surface area contributed by atoms with Crippen molar-refractivity contribution in [3.05, 3.63) is 47.8 Å². The number of benzene rings is 1. The molecule has 3 N–H and O–H groups in total. The maximum atomic E-state index is 11.4. The first kappa shape index (κ1) is 13.4. The van der Waals surface area contributed by atoms with Crippen molar-refractivity contribution in [3.8, 4) is 0 Å². The van der Waals surface area contributed by atoms with E-state index >= 15 is 0 Å². The third-order valence-electron chi connectivity index (χ3n) is 3.72. The first-order valence-corrected chi connectivity index (χ1v) is 6.97. The molecule has 0 saturated heterocycles. The van der Waals surface area contributed by atoms with Gasteiger partial charge >= 0.3 is 0 Å². The number of pyridine rings is 1. The number of likely N-dealkylation sites (N-methyl/N-ethyl adjacent to an activating group) is 1. The number of nitrogen functional groups attached to an aromatic ring is 1. The van der Waals surface area contributed by atoms with Crippen LogP contribution in [0, 0.1) is 0 Å². The van der Waals surface area contributed by atoms with Gasteiger partial charge in [-0.2, -0.15) is 0 Å². The number of nitrogens with zero attached hydrogens (tertiary/aromatic N) is 2. The van der Waals surface area contributed by atoms with Crippen LogP contribution in [-0.2, 0) is 17.6 Å². The first-order valence-electron chi connectivity index (χ1n) is 6.97. The SMILES string of the molecule is CN(CCc1ccccn1)c1cc2c(cc1N)CC(=O)N2. The summed E-state index contributed by atoms with van der Waals surface area (Å²) < 4.78 is 0. The van der Waals surface area contributed by atoms with E-state index in [-0.39, 0.29) is 5.91 Å². The molecular weight excluding hydrogens is 264 g/mol. The van der Waals surface area contributed by atoms with Gasteiger partial charge in [-0.1, -0.05) is 6.07 Å². The highest BCUT2D eigenvalue weighted by Crippen LogP contribution is 2.33. The Morgan fingerprint density at radius 2 is 2.24 bits per heavy atom. The summed E-state index contributed by atoms with van der Waals surface area (Å²) in [7, 11) is 2.00. The largest absolute Gasteiger partial charge is 0.397 e. The molecule has 2 heterocycles. The van der Waals surface area contributed by atoms with Gasteiger partial charge in [-0.15, -0.1) is 0 Å². The van der Waals surface area contributed by atoms with E-state index in [0.29, 0.717) is 12.1 Å². The van der Waals surface area contributed by atoms with Crippen LogP contribution in [0.5, 0.6) is 0 Å². The van der Waals surface area contributed by atoms with Crippen LogP contribution in [0.3, 0.4) is 0 Å². The number of carbonyl (C=O) groups is 1. The molecule has 1 aliphatic heterocycles. The molecule has 1 aromatic heterocycles. The Bertz CT molecular complexity index is 669. The summed E-state index contributed by atoms with van der Waals surface area (Å²) in [5.74, 6) is 0.0256. The normalized spacial score (nSPS) is 12.9. The van der Waals surface area contributed by atoms with Crippen LogP contribution in [0.25, 0.3) is 0 Å². The maximum absolute atomic E-state index is 11.4. The zero-order valence-corrected chi connectivity index (χ0v) is 12.0. The van der Waals surface area contributed by atoms with Gasteiger partial charge in [-0.25, -0.2) is 0 Å². The molecule has 21 heavy (non-hydrogen) atoms. The lowest BCUT2D eigenvalue weighted by Crippen LogP contribution is -2.22. The molecule has 1 aliphatic rings. The van der Waals surface area contributed by atoms with Crippen LogP contribution in [0.4, 0.5) is 17.1 Å². The zero-order valence-electron chi connectivity index (χ0n) is 12.0. The van der Waals surface area contributed by atoms with Gasteiger partial charge in [0, 0.05) is 37.6 Å². The summed E-state index contributed by atoms with van der Waals surface area (Å²) in [4.78, 5) is 17.8. The Balaban J connectivity index is 1.74. The molecule has 0 atom stereocenters. The van der Waals surface area contributed by atoms with Crippen LogP contribution >= 0.6 is 0 Å². The fourth-order valence-electron chi connectivity index (χ4n) is 2.56. The highest BCUT2D eigenvalue weighted by molar-refractivity contribution is 6.00. The Labute approximate surface area is 123 Å². The van der Waals surface area contributed by atoms with Crippen molar-refractivity contribution in [2.45, 2.75) is 12.8 Å². The molecule has 1 aromatic carbocycles. The number of rotatable bonds is 4. The molecule has 0 radical (unpaired) electrons. The Morgan fingerprint density at radius 1 is 1.38 bits per heavy atom. The topological polar surface area (TPSA) is 71.2 Å². The average molecular weight is 282 g/mol. The number of amides is 1. The quantitative estimate of drug-likeness (QED) is 0.839. The van der Waals surface area contributed by atoms with Crippen molar-refractivity contribution in [2.24, 2.45) is 0 Å².